The zero-order valence-electron chi connectivity index (χ0n) is 17.1. The van der Waals surface area contributed by atoms with Gasteiger partial charge in [-0.25, -0.2) is 9.59 Å². The first kappa shape index (κ1) is 19.5. The molecule has 3 heterocycles. The lowest BCUT2D eigenvalue weighted by Gasteiger charge is -2.39. The second-order valence-corrected chi connectivity index (χ2v) is 8.98. The normalized spacial score (nSPS) is 20.9. The average molecular weight is 401 g/mol. The zero-order chi connectivity index (χ0) is 20.8. The van der Waals surface area contributed by atoms with Crippen LogP contribution in [0, 0.1) is 0 Å². The molecule has 29 heavy (non-hydrogen) atoms. The summed E-state index contributed by atoms with van der Waals surface area (Å²) >= 11 is 0. The van der Waals surface area contributed by atoms with Crippen LogP contribution in [-0.4, -0.2) is 53.8 Å². The van der Waals surface area contributed by atoms with E-state index in [9.17, 15) is 14.4 Å². The Morgan fingerprint density at radius 2 is 1.90 bits per heavy atom. The fourth-order valence-corrected chi connectivity index (χ4v) is 4.08. The lowest BCUT2D eigenvalue weighted by atomic mass is 9.87. The minimum Gasteiger partial charge on any atom is -0.486 e. The van der Waals surface area contributed by atoms with Gasteiger partial charge in [0, 0.05) is 57.1 Å². The lowest BCUT2D eigenvalue weighted by Crippen LogP contribution is -2.50. The zero-order valence-corrected chi connectivity index (χ0v) is 17.1. The van der Waals surface area contributed by atoms with E-state index >= 15 is 0 Å². The Hall–Kier alpha value is -2.77. The summed E-state index contributed by atoms with van der Waals surface area (Å²) in [5.74, 6) is 0.525. The Morgan fingerprint density at radius 3 is 2.55 bits per heavy atom. The summed E-state index contributed by atoms with van der Waals surface area (Å²) in [5.41, 5.74) is 0.998. The highest BCUT2D eigenvalue weighted by atomic mass is 16.6. The molecule has 0 aromatic heterocycles. The van der Waals surface area contributed by atoms with Crippen molar-refractivity contribution in [3.05, 3.63) is 23.8 Å². The van der Waals surface area contributed by atoms with Gasteiger partial charge in [0.05, 0.1) is 0 Å². The maximum atomic E-state index is 12.3. The van der Waals surface area contributed by atoms with E-state index in [1.54, 1.807) is 9.80 Å². The number of benzene rings is 1. The molecule has 0 bridgehead atoms. The highest BCUT2D eigenvalue weighted by molar-refractivity contribution is 6.05. The van der Waals surface area contributed by atoms with Crippen LogP contribution < -0.4 is 15.0 Å². The van der Waals surface area contributed by atoms with Gasteiger partial charge in [-0.3, -0.25) is 15.0 Å². The molecule has 0 atom stereocenters. The number of rotatable bonds is 1. The molecule has 8 heteroatoms. The fourth-order valence-electron chi connectivity index (χ4n) is 4.08. The van der Waals surface area contributed by atoms with Crippen molar-refractivity contribution >= 4 is 23.7 Å². The van der Waals surface area contributed by atoms with Crippen LogP contribution in [0.5, 0.6) is 5.75 Å². The van der Waals surface area contributed by atoms with E-state index in [2.05, 4.69) is 5.32 Å². The van der Waals surface area contributed by atoms with Crippen molar-refractivity contribution in [2.75, 3.05) is 24.5 Å². The minimum atomic E-state index is -0.506. The van der Waals surface area contributed by atoms with Crippen LogP contribution in [0.25, 0.3) is 0 Å². The SMILES string of the molecule is CC(C)(C)OC(=O)N1CCC2(CC1)Cc1ccc(N3CCC(=O)NC3=O)cc1O2. The quantitative estimate of drug-likeness (QED) is 0.782. The van der Waals surface area contributed by atoms with Crippen LogP contribution in [0.1, 0.15) is 45.6 Å². The van der Waals surface area contributed by atoms with Crippen LogP contribution >= 0.6 is 0 Å². The summed E-state index contributed by atoms with van der Waals surface area (Å²) in [6.45, 7) is 7.13. The third-order valence-electron chi connectivity index (χ3n) is 5.58. The van der Waals surface area contributed by atoms with Gasteiger partial charge in [-0.2, -0.15) is 0 Å². The molecule has 1 N–H and O–H groups in total. The average Bonchev–Trinajstić information content (AvgIpc) is 2.97. The molecular weight excluding hydrogens is 374 g/mol. The first-order valence-electron chi connectivity index (χ1n) is 10.1. The number of carbonyl (C=O) groups is 3. The molecule has 0 unspecified atom stereocenters. The van der Waals surface area contributed by atoms with Crippen molar-refractivity contribution in [1.29, 1.82) is 0 Å². The van der Waals surface area contributed by atoms with Gasteiger partial charge in [0.2, 0.25) is 5.91 Å². The van der Waals surface area contributed by atoms with E-state index in [-0.39, 0.29) is 24.0 Å². The topological polar surface area (TPSA) is 88.2 Å². The van der Waals surface area contributed by atoms with Crippen LogP contribution in [0.4, 0.5) is 15.3 Å². The summed E-state index contributed by atoms with van der Waals surface area (Å²) in [6.07, 6.45) is 2.25. The number of fused-ring (bicyclic) bond motifs is 1. The molecule has 3 aliphatic heterocycles. The Morgan fingerprint density at radius 1 is 1.17 bits per heavy atom. The molecule has 1 aromatic carbocycles. The second-order valence-electron chi connectivity index (χ2n) is 8.98. The molecule has 0 aliphatic carbocycles. The standard InChI is InChI=1S/C21H27N3O5/c1-20(2,3)29-19(27)23-10-7-21(8-11-23)13-14-4-5-15(12-16(14)28-21)24-9-6-17(25)22-18(24)26/h4-5,12H,6-11,13H2,1-3H3,(H,22,25,26). The molecule has 4 rings (SSSR count). The molecule has 1 spiro atoms. The molecule has 156 valence electrons. The number of nitrogens with zero attached hydrogens (tertiary/aromatic N) is 2. The van der Waals surface area contributed by atoms with E-state index in [1.807, 2.05) is 39.0 Å². The molecule has 2 saturated heterocycles. The molecule has 4 amide bonds. The molecule has 0 radical (unpaired) electrons. The number of anilines is 1. The smallest absolute Gasteiger partial charge is 0.410 e. The van der Waals surface area contributed by atoms with Crippen molar-refractivity contribution in [2.24, 2.45) is 0 Å². The van der Waals surface area contributed by atoms with Crippen LogP contribution in [0.3, 0.4) is 0 Å². The summed E-state index contributed by atoms with van der Waals surface area (Å²) < 4.78 is 11.8. The van der Waals surface area contributed by atoms with Gasteiger partial charge >= 0.3 is 12.1 Å². The number of hydrogen-bond donors (Lipinski definition) is 1. The second kappa shape index (κ2) is 6.93. The number of hydrogen-bond acceptors (Lipinski definition) is 5. The number of piperidine rings is 1. The molecule has 1 aromatic rings. The number of amides is 4. The highest BCUT2D eigenvalue weighted by Crippen LogP contribution is 2.43. The van der Waals surface area contributed by atoms with Crippen LogP contribution in [0.15, 0.2) is 18.2 Å². The maximum absolute atomic E-state index is 12.3. The number of imide groups is 1. The van der Waals surface area contributed by atoms with Crippen molar-refractivity contribution in [3.8, 4) is 5.75 Å². The number of carbonyl (C=O) groups excluding carboxylic acids is 3. The summed E-state index contributed by atoms with van der Waals surface area (Å²) in [6, 6.07) is 5.36. The number of urea groups is 1. The number of ether oxygens (including phenoxy) is 2. The molecule has 0 saturated carbocycles. The van der Waals surface area contributed by atoms with E-state index in [0.29, 0.717) is 19.6 Å². The van der Waals surface area contributed by atoms with Crippen molar-refractivity contribution in [2.45, 2.75) is 57.7 Å². The number of nitrogens with one attached hydrogen (secondary N) is 1. The Balaban J connectivity index is 1.41. The Bertz CT molecular complexity index is 852. The third kappa shape index (κ3) is 4.02. The monoisotopic (exact) mass is 401 g/mol. The minimum absolute atomic E-state index is 0.251. The van der Waals surface area contributed by atoms with Crippen molar-refractivity contribution in [3.63, 3.8) is 0 Å². The number of likely N-dealkylation sites (tertiary alicyclic amines) is 1. The van der Waals surface area contributed by atoms with Crippen LogP contribution in [0.2, 0.25) is 0 Å². The van der Waals surface area contributed by atoms with Gasteiger partial charge in [-0.15, -0.1) is 0 Å². The largest absolute Gasteiger partial charge is 0.486 e. The maximum Gasteiger partial charge on any atom is 0.410 e. The summed E-state index contributed by atoms with van der Waals surface area (Å²) in [4.78, 5) is 39.1. The fraction of sp³-hybridized carbons (Fsp3) is 0.571. The molecule has 8 nitrogen and oxygen atoms in total. The summed E-state index contributed by atoms with van der Waals surface area (Å²) in [5, 5.41) is 2.34. The van der Waals surface area contributed by atoms with E-state index in [0.717, 1.165) is 36.3 Å². The summed E-state index contributed by atoms with van der Waals surface area (Å²) in [7, 11) is 0. The lowest BCUT2D eigenvalue weighted by molar-refractivity contribution is -0.120. The predicted octanol–water partition coefficient (Wildman–Crippen LogP) is 2.84. The predicted molar refractivity (Wildman–Crippen MR) is 106 cm³/mol. The van der Waals surface area contributed by atoms with Gasteiger partial charge in [0.15, 0.2) is 0 Å². The first-order valence-corrected chi connectivity index (χ1v) is 10.1. The Kier molecular flexibility index (Phi) is 4.67. The third-order valence-corrected chi connectivity index (χ3v) is 5.58. The molecular formula is C21H27N3O5. The van der Waals surface area contributed by atoms with E-state index in [4.69, 9.17) is 9.47 Å². The van der Waals surface area contributed by atoms with Gasteiger partial charge in [-0.1, -0.05) is 6.07 Å². The highest BCUT2D eigenvalue weighted by Gasteiger charge is 2.43. The first-order chi connectivity index (χ1) is 13.6. The molecule has 3 aliphatic rings. The van der Waals surface area contributed by atoms with Crippen molar-refractivity contribution in [1.82, 2.24) is 10.2 Å². The van der Waals surface area contributed by atoms with Gasteiger partial charge in [0.25, 0.3) is 0 Å². The van der Waals surface area contributed by atoms with Crippen LogP contribution in [-0.2, 0) is 16.0 Å². The van der Waals surface area contributed by atoms with Gasteiger partial charge in [0.1, 0.15) is 17.0 Å². The Labute approximate surface area is 170 Å². The van der Waals surface area contributed by atoms with E-state index < -0.39 is 11.6 Å². The van der Waals surface area contributed by atoms with Gasteiger partial charge in [-0.05, 0) is 32.4 Å². The van der Waals surface area contributed by atoms with Gasteiger partial charge < -0.3 is 14.4 Å². The van der Waals surface area contributed by atoms with Crippen molar-refractivity contribution < 1.29 is 23.9 Å². The molecule has 2 fully saturated rings. The van der Waals surface area contributed by atoms with E-state index in [1.165, 1.54) is 0 Å².